The summed E-state index contributed by atoms with van der Waals surface area (Å²) in [5.41, 5.74) is 2.92. The van der Waals surface area contributed by atoms with E-state index in [0.717, 1.165) is 80.5 Å². The van der Waals surface area contributed by atoms with Gasteiger partial charge in [0.05, 0.1) is 7.11 Å². The van der Waals surface area contributed by atoms with Crippen LogP contribution in [0.15, 0.2) is 6.07 Å². The zero-order chi connectivity index (χ0) is 13.9. The topological polar surface area (TPSA) is 21.3 Å². The van der Waals surface area contributed by atoms with Crippen LogP contribution in [0.25, 0.3) is 0 Å². The molecule has 1 N–H and O–H groups in total. The zero-order valence-electron chi connectivity index (χ0n) is 12.3. The van der Waals surface area contributed by atoms with E-state index in [0.29, 0.717) is 5.92 Å². The van der Waals surface area contributed by atoms with Crippen LogP contribution in [0.1, 0.15) is 42.4 Å². The van der Waals surface area contributed by atoms with Crippen LogP contribution in [0, 0.1) is 11.7 Å². The zero-order valence-corrected chi connectivity index (χ0v) is 12.3. The Morgan fingerprint density at radius 2 is 1.90 bits per heavy atom. The maximum absolute atomic E-state index is 14.8. The molecule has 1 aromatic rings. The molecular weight excluding hydrogens is 253 g/mol. The highest BCUT2D eigenvalue weighted by Gasteiger charge is 2.23. The quantitative estimate of drug-likeness (QED) is 0.915. The highest BCUT2D eigenvalue weighted by atomic mass is 19.1. The predicted molar refractivity (Wildman–Crippen MR) is 78.9 cm³/mol. The van der Waals surface area contributed by atoms with E-state index < -0.39 is 0 Å². The summed E-state index contributed by atoms with van der Waals surface area (Å²) in [6.07, 6.45) is 7.25. The van der Waals surface area contributed by atoms with Gasteiger partial charge in [-0.25, -0.2) is 4.39 Å². The molecule has 0 saturated carbocycles. The van der Waals surface area contributed by atoms with E-state index in [4.69, 9.17) is 4.74 Å². The summed E-state index contributed by atoms with van der Waals surface area (Å²) >= 11 is 0. The normalized spacial score (nSPS) is 19.7. The van der Waals surface area contributed by atoms with Gasteiger partial charge in [-0.3, -0.25) is 0 Å². The number of benzene rings is 1. The average molecular weight is 277 g/mol. The number of hydrogen-bond acceptors (Lipinski definition) is 2. The molecule has 20 heavy (non-hydrogen) atoms. The summed E-state index contributed by atoms with van der Waals surface area (Å²) in [4.78, 5) is 0. The minimum absolute atomic E-state index is 0.0547. The Hall–Kier alpha value is -1.09. The van der Waals surface area contributed by atoms with Crippen LogP contribution >= 0.6 is 0 Å². The van der Waals surface area contributed by atoms with Crippen molar-refractivity contribution in [3.8, 4) is 5.75 Å². The van der Waals surface area contributed by atoms with Gasteiger partial charge in [0.1, 0.15) is 11.6 Å². The van der Waals surface area contributed by atoms with Crippen molar-refractivity contribution in [1.82, 2.24) is 5.32 Å². The van der Waals surface area contributed by atoms with Gasteiger partial charge in [0.2, 0.25) is 0 Å². The lowest BCUT2D eigenvalue weighted by Crippen LogP contribution is -2.29. The van der Waals surface area contributed by atoms with Crippen LogP contribution in [0.4, 0.5) is 4.39 Å². The minimum atomic E-state index is 0.0547. The Labute approximate surface area is 120 Å². The third kappa shape index (κ3) is 2.69. The summed E-state index contributed by atoms with van der Waals surface area (Å²) in [7, 11) is 1.70. The van der Waals surface area contributed by atoms with E-state index in [2.05, 4.69) is 5.32 Å². The number of halogens is 1. The van der Waals surface area contributed by atoms with Gasteiger partial charge in [0.15, 0.2) is 0 Å². The average Bonchev–Trinajstić information content (AvgIpc) is 2.51. The number of methoxy groups -OCH3 is 1. The lowest BCUT2D eigenvalue weighted by Gasteiger charge is -2.25. The van der Waals surface area contributed by atoms with Crippen LogP contribution in [-0.2, 0) is 19.3 Å². The number of hydrogen-bond donors (Lipinski definition) is 1. The number of rotatable bonds is 3. The van der Waals surface area contributed by atoms with E-state index in [1.165, 1.54) is 0 Å². The number of ether oxygens (including phenoxy) is 1. The largest absolute Gasteiger partial charge is 0.496 e. The first-order valence-corrected chi connectivity index (χ1v) is 7.87. The Morgan fingerprint density at radius 3 is 2.60 bits per heavy atom. The van der Waals surface area contributed by atoms with E-state index in [1.807, 2.05) is 6.07 Å². The lowest BCUT2D eigenvalue weighted by atomic mass is 9.85. The van der Waals surface area contributed by atoms with Gasteiger partial charge in [0, 0.05) is 5.56 Å². The van der Waals surface area contributed by atoms with Crippen LogP contribution in [-0.4, -0.2) is 20.2 Å². The molecule has 0 aromatic heterocycles. The second-order valence-corrected chi connectivity index (χ2v) is 6.11. The van der Waals surface area contributed by atoms with Crippen molar-refractivity contribution >= 4 is 0 Å². The van der Waals surface area contributed by atoms with Crippen molar-refractivity contribution in [1.29, 1.82) is 0 Å². The highest BCUT2D eigenvalue weighted by Crippen LogP contribution is 2.35. The molecule has 3 rings (SSSR count). The smallest absolute Gasteiger partial charge is 0.130 e. The second kappa shape index (κ2) is 6.13. The Kier molecular flexibility index (Phi) is 4.25. The lowest BCUT2D eigenvalue weighted by molar-refractivity contribution is 0.364. The first-order chi connectivity index (χ1) is 9.79. The third-order valence-corrected chi connectivity index (χ3v) is 4.80. The molecule has 1 aliphatic heterocycles. The molecule has 3 heteroatoms. The van der Waals surface area contributed by atoms with Crippen LogP contribution in [0.5, 0.6) is 5.75 Å². The van der Waals surface area contributed by atoms with Gasteiger partial charge in [-0.15, -0.1) is 0 Å². The molecule has 0 radical (unpaired) electrons. The summed E-state index contributed by atoms with van der Waals surface area (Å²) in [5, 5.41) is 3.37. The fourth-order valence-corrected chi connectivity index (χ4v) is 3.65. The second-order valence-electron chi connectivity index (χ2n) is 6.11. The monoisotopic (exact) mass is 277 g/mol. The van der Waals surface area contributed by atoms with Crippen molar-refractivity contribution in [3.05, 3.63) is 28.6 Å². The minimum Gasteiger partial charge on any atom is -0.496 e. The molecule has 2 aliphatic rings. The molecule has 1 aromatic carbocycles. The van der Waals surface area contributed by atoms with E-state index in [9.17, 15) is 4.39 Å². The molecule has 0 bridgehead atoms. The van der Waals surface area contributed by atoms with Crippen molar-refractivity contribution in [2.24, 2.45) is 5.92 Å². The Bertz CT molecular complexity index is 480. The highest BCUT2D eigenvalue weighted by molar-refractivity contribution is 5.46. The van der Waals surface area contributed by atoms with Crippen LogP contribution in [0.2, 0.25) is 0 Å². The summed E-state index contributed by atoms with van der Waals surface area (Å²) < 4.78 is 20.3. The maximum Gasteiger partial charge on any atom is 0.130 e. The number of nitrogens with one attached hydrogen (secondary N) is 1. The van der Waals surface area contributed by atoms with Crippen LogP contribution < -0.4 is 10.1 Å². The first kappa shape index (κ1) is 13.9. The van der Waals surface area contributed by atoms with Gasteiger partial charge in [-0.1, -0.05) is 0 Å². The standard InChI is InChI=1S/C17H24FNO/c1-20-16-11-13(10-12-6-8-19-9-7-12)17(18)15-5-3-2-4-14(15)16/h11-12,19H,2-10H2,1H3. The Morgan fingerprint density at radius 1 is 1.20 bits per heavy atom. The molecule has 1 aliphatic carbocycles. The van der Waals surface area contributed by atoms with Crippen molar-refractivity contribution in [3.63, 3.8) is 0 Å². The van der Waals surface area contributed by atoms with E-state index in [-0.39, 0.29) is 5.82 Å². The molecule has 0 spiro atoms. The van der Waals surface area contributed by atoms with E-state index in [1.54, 1.807) is 7.11 Å². The Balaban J connectivity index is 1.89. The summed E-state index contributed by atoms with van der Waals surface area (Å²) in [6.45, 7) is 2.13. The van der Waals surface area contributed by atoms with Gasteiger partial charge in [-0.05, 0) is 81.1 Å². The molecule has 1 saturated heterocycles. The molecule has 1 heterocycles. The van der Waals surface area contributed by atoms with Gasteiger partial charge >= 0.3 is 0 Å². The SMILES string of the molecule is COc1cc(CC2CCNCC2)c(F)c2c1CCCC2. The van der Waals surface area contributed by atoms with Gasteiger partial charge in [0.25, 0.3) is 0 Å². The first-order valence-electron chi connectivity index (χ1n) is 7.87. The fraction of sp³-hybridized carbons (Fsp3) is 0.647. The maximum atomic E-state index is 14.8. The predicted octanol–water partition coefficient (Wildman–Crippen LogP) is 3.26. The van der Waals surface area contributed by atoms with Crippen molar-refractivity contribution < 1.29 is 9.13 Å². The molecule has 1 fully saturated rings. The van der Waals surface area contributed by atoms with E-state index >= 15 is 0 Å². The van der Waals surface area contributed by atoms with Gasteiger partial charge < -0.3 is 10.1 Å². The van der Waals surface area contributed by atoms with Crippen molar-refractivity contribution in [2.45, 2.75) is 44.9 Å². The number of piperidine rings is 1. The molecule has 0 atom stereocenters. The fourth-order valence-electron chi connectivity index (χ4n) is 3.65. The summed E-state index contributed by atoms with van der Waals surface area (Å²) in [6, 6.07) is 1.96. The molecule has 110 valence electrons. The van der Waals surface area contributed by atoms with Crippen LogP contribution in [0.3, 0.4) is 0 Å². The molecule has 2 nitrogen and oxygen atoms in total. The van der Waals surface area contributed by atoms with Gasteiger partial charge in [-0.2, -0.15) is 0 Å². The molecular formula is C17H24FNO. The van der Waals surface area contributed by atoms with Crippen molar-refractivity contribution in [2.75, 3.05) is 20.2 Å². The summed E-state index contributed by atoms with van der Waals surface area (Å²) in [5.74, 6) is 1.57. The third-order valence-electron chi connectivity index (χ3n) is 4.80. The molecule has 0 amide bonds. The molecule has 0 unspecified atom stereocenters. The number of fused-ring (bicyclic) bond motifs is 1.